The number of benzene rings is 1. The summed E-state index contributed by atoms with van der Waals surface area (Å²) in [5.41, 5.74) is 5.14. The number of thiophene rings is 1. The van der Waals surface area contributed by atoms with E-state index in [0.717, 1.165) is 24.8 Å². The number of hydrogen-bond acceptors (Lipinski definition) is 3. The van der Waals surface area contributed by atoms with Gasteiger partial charge in [0.05, 0.1) is 0 Å². The molecule has 0 aliphatic carbocycles. The lowest BCUT2D eigenvalue weighted by Gasteiger charge is -2.32. The monoisotopic (exact) mass is 448 g/mol. The van der Waals surface area contributed by atoms with Gasteiger partial charge >= 0.3 is 0 Å². The molecule has 4 heteroatoms. The molecule has 0 N–H and O–H groups in total. The molecule has 0 amide bonds. The lowest BCUT2D eigenvalue weighted by molar-refractivity contribution is 0.247. The van der Waals surface area contributed by atoms with Crippen LogP contribution in [0.1, 0.15) is 87.9 Å². The van der Waals surface area contributed by atoms with Gasteiger partial charge in [0, 0.05) is 16.5 Å². The molecule has 0 aliphatic rings. The first kappa shape index (κ1) is 25.1. The van der Waals surface area contributed by atoms with Gasteiger partial charge in [-0.25, -0.2) is 8.42 Å². The van der Waals surface area contributed by atoms with Crippen molar-refractivity contribution in [3.05, 3.63) is 51.4 Å². The van der Waals surface area contributed by atoms with Gasteiger partial charge < -0.3 is 0 Å². The molecule has 2 aromatic rings. The van der Waals surface area contributed by atoms with Crippen LogP contribution in [0.15, 0.2) is 28.5 Å². The highest BCUT2D eigenvalue weighted by molar-refractivity contribution is 7.92. The molecule has 2 nitrogen and oxygen atoms in total. The van der Waals surface area contributed by atoms with Crippen molar-refractivity contribution in [2.75, 3.05) is 6.26 Å². The Labute approximate surface area is 189 Å². The minimum absolute atomic E-state index is 0.139. The Balaban J connectivity index is 2.43. The Bertz CT molecular complexity index is 971. The molecule has 0 spiro atoms. The van der Waals surface area contributed by atoms with E-state index in [0.29, 0.717) is 15.5 Å². The standard InChI is InChI=1S/C26H40O2S2/c1-10-26(11-2,23-17-19(4)24(29-23)30(9,27)28)22-15-14-21(18(3)16-22)13-12-20(5)25(6,7)8/h14-17,20H,10-13H2,1-9H3. The lowest BCUT2D eigenvalue weighted by atomic mass is 9.73. The Morgan fingerprint density at radius 3 is 2.03 bits per heavy atom. The summed E-state index contributed by atoms with van der Waals surface area (Å²) in [7, 11) is -3.20. The van der Waals surface area contributed by atoms with E-state index in [1.165, 1.54) is 45.6 Å². The molecule has 0 aliphatic heterocycles. The van der Waals surface area contributed by atoms with Gasteiger partial charge in [0.15, 0.2) is 9.84 Å². The van der Waals surface area contributed by atoms with Crippen molar-refractivity contribution in [2.45, 2.75) is 90.7 Å². The highest BCUT2D eigenvalue weighted by atomic mass is 32.2. The molecule has 30 heavy (non-hydrogen) atoms. The zero-order valence-corrected chi connectivity index (χ0v) is 22.0. The molecule has 1 atom stereocenters. The van der Waals surface area contributed by atoms with Crippen LogP contribution in [0.5, 0.6) is 0 Å². The third-order valence-electron chi connectivity index (χ3n) is 7.11. The number of hydrogen-bond donors (Lipinski definition) is 0. The molecule has 0 bridgehead atoms. The average Bonchev–Trinajstić information content (AvgIpc) is 3.04. The van der Waals surface area contributed by atoms with Crippen LogP contribution in [0, 0.1) is 25.2 Å². The maximum Gasteiger partial charge on any atom is 0.185 e. The summed E-state index contributed by atoms with van der Waals surface area (Å²) in [5.74, 6) is 0.672. The summed E-state index contributed by atoms with van der Waals surface area (Å²) < 4.78 is 24.9. The van der Waals surface area contributed by atoms with Crippen LogP contribution < -0.4 is 0 Å². The van der Waals surface area contributed by atoms with Gasteiger partial charge in [0.25, 0.3) is 0 Å². The maximum atomic E-state index is 12.2. The molecular weight excluding hydrogens is 408 g/mol. The van der Waals surface area contributed by atoms with Gasteiger partial charge in [-0.05, 0) is 79.2 Å². The van der Waals surface area contributed by atoms with Gasteiger partial charge in [-0.3, -0.25) is 0 Å². The van der Waals surface area contributed by atoms with Crippen molar-refractivity contribution in [1.82, 2.24) is 0 Å². The Kier molecular flexibility index (Phi) is 7.67. The van der Waals surface area contributed by atoms with Gasteiger partial charge in [0.1, 0.15) is 4.21 Å². The van der Waals surface area contributed by atoms with Crippen molar-refractivity contribution in [1.29, 1.82) is 0 Å². The van der Waals surface area contributed by atoms with Gasteiger partial charge in [-0.15, -0.1) is 11.3 Å². The van der Waals surface area contributed by atoms with E-state index in [1.807, 2.05) is 6.92 Å². The predicted molar refractivity (Wildman–Crippen MR) is 132 cm³/mol. The van der Waals surface area contributed by atoms with Crippen LogP contribution >= 0.6 is 11.3 Å². The molecule has 0 saturated carbocycles. The van der Waals surface area contributed by atoms with E-state index in [2.05, 4.69) is 72.7 Å². The predicted octanol–water partition coefficient (Wildman–Crippen LogP) is 7.49. The molecular formula is C26H40O2S2. The van der Waals surface area contributed by atoms with Gasteiger partial charge in [0.2, 0.25) is 0 Å². The van der Waals surface area contributed by atoms with Gasteiger partial charge in [-0.1, -0.05) is 59.7 Å². The average molecular weight is 449 g/mol. The highest BCUT2D eigenvalue weighted by Gasteiger charge is 2.34. The summed E-state index contributed by atoms with van der Waals surface area (Å²) in [6.45, 7) is 17.9. The summed E-state index contributed by atoms with van der Waals surface area (Å²) in [6.07, 6.45) is 5.51. The number of aryl methyl sites for hydroxylation is 3. The fraction of sp³-hybridized carbons (Fsp3) is 0.615. The molecule has 168 valence electrons. The fourth-order valence-corrected chi connectivity index (χ4v) is 7.07. The first-order valence-corrected chi connectivity index (χ1v) is 13.9. The van der Waals surface area contributed by atoms with Crippen LogP contribution in [0.25, 0.3) is 0 Å². The Hall–Kier alpha value is -1.13. The third-order valence-corrected chi connectivity index (χ3v) is 10.5. The Morgan fingerprint density at radius 2 is 1.60 bits per heavy atom. The molecule has 1 aromatic carbocycles. The van der Waals surface area contributed by atoms with E-state index in [-0.39, 0.29) is 5.41 Å². The Morgan fingerprint density at radius 1 is 1.00 bits per heavy atom. The molecule has 1 heterocycles. The third kappa shape index (κ3) is 5.19. The van der Waals surface area contributed by atoms with Gasteiger partial charge in [-0.2, -0.15) is 0 Å². The van der Waals surface area contributed by atoms with E-state index in [9.17, 15) is 8.42 Å². The first-order chi connectivity index (χ1) is 13.8. The maximum absolute atomic E-state index is 12.2. The second-order valence-electron chi connectivity index (χ2n) is 10.1. The second-order valence-corrected chi connectivity index (χ2v) is 13.4. The highest BCUT2D eigenvalue weighted by Crippen LogP contribution is 2.44. The van der Waals surface area contributed by atoms with Crippen molar-refractivity contribution in [3.63, 3.8) is 0 Å². The van der Waals surface area contributed by atoms with E-state index in [1.54, 1.807) is 0 Å². The summed E-state index contributed by atoms with van der Waals surface area (Å²) in [4.78, 5) is 1.17. The van der Waals surface area contributed by atoms with Crippen LogP contribution in [-0.2, 0) is 21.7 Å². The fourth-order valence-electron chi connectivity index (χ4n) is 4.30. The number of rotatable bonds is 8. The first-order valence-electron chi connectivity index (χ1n) is 11.2. The zero-order chi connectivity index (χ0) is 22.9. The van der Waals surface area contributed by atoms with E-state index < -0.39 is 9.84 Å². The van der Waals surface area contributed by atoms with E-state index >= 15 is 0 Å². The molecule has 1 unspecified atom stereocenters. The van der Waals surface area contributed by atoms with Crippen LogP contribution in [0.2, 0.25) is 0 Å². The zero-order valence-electron chi connectivity index (χ0n) is 20.3. The minimum atomic E-state index is -3.20. The topological polar surface area (TPSA) is 34.1 Å². The summed E-state index contributed by atoms with van der Waals surface area (Å²) in [5, 5.41) is 0. The van der Waals surface area contributed by atoms with Crippen molar-refractivity contribution in [3.8, 4) is 0 Å². The van der Waals surface area contributed by atoms with Crippen molar-refractivity contribution >= 4 is 21.2 Å². The second kappa shape index (κ2) is 9.16. The van der Waals surface area contributed by atoms with Crippen LogP contribution in [0.3, 0.4) is 0 Å². The normalized spacial score (nSPS) is 14.2. The molecule has 0 saturated heterocycles. The molecule has 0 radical (unpaired) electrons. The molecule has 2 rings (SSSR count). The van der Waals surface area contributed by atoms with Crippen molar-refractivity contribution in [2.24, 2.45) is 11.3 Å². The molecule has 1 aromatic heterocycles. The number of sulfone groups is 1. The molecule has 0 fully saturated rings. The largest absolute Gasteiger partial charge is 0.223 e. The van der Waals surface area contributed by atoms with Crippen LogP contribution in [0.4, 0.5) is 0 Å². The van der Waals surface area contributed by atoms with Crippen LogP contribution in [-0.4, -0.2) is 14.7 Å². The quantitative estimate of drug-likeness (QED) is 0.419. The smallest absolute Gasteiger partial charge is 0.185 e. The SMILES string of the molecule is CCC(CC)(c1ccc(CCC(C)C(C)(C)C)c(C)c1)c1cc(C)c(S(C)(=O)=O)s1. The van der Waals surface area contributed by atoms with E-state index in [4.69, 9.17) is 0 Å². The summed E-state index contributed by atoms with van der Waals surface area (Å²) >= 11 is 1.46. The van der Waals surface area contributed by atoms with Crippen molar-refractivity contribution < 1.29 is 8.42 Å². The summed E-state index contributed by atoms with van der Waals surface area (Å²) in [6, 6.07) is 9.03. The minimum Gasteiger partial charge on any atom is -0.223 e. The lowest BCUT2D eigenvalue weighted by Crippen LogP contribution is -2.25.